The molecule has 1 unspecified atom stereocenters. The Hall–Kier alpha value is -1.99. The minimum absolute atomic E-state index is 0.155. The van der Waals surface area contributed by atoms with E-state index in [2.05, 4.69) is 21.8 Å². The first-order valence-corrected chi connectivity index (χ1v) is 9.50. The van der Waals surface area contributed by atoms with Gasteiger partial charge in [-0.1, -0.05) is 0 Å². The second kappa shape index (κ2) is 9.09. The first-order valence-electron chi connectivity index (χ1n) is 9.50. The molecule has 1 aliphatic rings. The third-order valence-electron chi connectivity index (χ3n) is 4.85. The minimum atomic E-state index is 0.155. The number of fused-ring (bicyclic) bond motifs is 1. The van der Waals surface area contributed by atoms with Gasteiger partial charge >= 0.3 is 0 Å². The average Bonchev–Trinajstić information content (AvgIpc) is 2.80. The van der Waals surface area contributed by atoms with Gasteiger partial charge in [-0.05, 0) is 38.4 Å². The summed E-state index contributed by atoms with van der Waals surface area (Å²) in [5.41, 5.74) is 1.78. The van der Waals surface area contributed by atoms with Gasteiger partial charge in [0, 0.05) is 45.8 Å². The molecule has 0 spiro atoms. The first kappa shape index (κ1) is 18.8. The molecule has 142 valence electrons. The Bertz CT molecular complexity index is 722. The number of rotatable bonds is 7. The van der Waals surface area contributed by atoms with Crippen LogP contribution in [0.25, 0.3) is 11.2 Å². The molecule has 0 bridgehead atoms. The van der Waals surface area contributed by atoms with Crippen LogP contribution in [0, 0.1) is 0 Å². The van der Waals surface area contributed by atoms with Crippen LogP contribution in [0.15, 0.2) is 18.3 Å². The highest BCUT2D eigenvalue weighted by molar-refractivity contribution is 5.76. The number of methoxy groups -OCH3 is 1. The molecule has 0 radical (unpaired) electrons. The SMILES string of the molecule is COCC(C)n1c(CCCC(=O)N2CCCNCC2)nc2cccnc21. The molecule has 1 saturated heterocycles. The molecular weight excluding hydrogens is 330 g/mol. The van der Waals surface area contributed by atoms with Crippen molar-refractivity contribution in [3.63, 3.8) is 0 Å². The molecule has 3 heterocycles. The number of hydrogen-bond acceptors (Lipinski definition) is 5. The second-order valence-electron chi connectivity index (χ2n) is 6.89. The average molecular weight is 359 g/mol. The number of carbonyl (C=O) groups excluding carboxylic acids is 1. The Kier molecular flexibility index (Phi) is 6.57. The summed E-state index contributed by atoms with van der Waals surface area (Å²) in [6, 6.07) is 4.04. The van der Waals surface area contributed by atoms with Gasteiger partial charge in [0.25, 0.3) is 0 Å². The van der Waals surface area contributed by atoms with E-state index in [1.165, 1.54) is 0 Å². The van der Waals surface area contributed by atoms with Crippen LogP contribution in [-0.2, 0) is 16.0 Å². The molecule has 2 aromatic rings. The lowest BCUT2D eigenvalue weighted by molar-refractivity contribution is -0.131. The van der Waals surface area contributed by atoms with Gasteiger partial charge in [-0.3, -0.25) is 4.79 Å². The predicted molar refractivity (Wildman–Crippen MR) is 101 cm³/mol. The van der Waals surface area contributed by atoms with Crippen LogP contribution in [0.4, 0.5) is 0 Å². The zero-order chi connectivity index (χ0) is 18.4. The molecule has 1 atom stereocenters. The molecule has 2 aromatic heterocycles. The summed E-state index contributed by atoms with van der Waals surface area (Å²) in [7, 11) is 1.71. The molecule has 0 saturated carbocycles. The molecule has 7 heteroatoms. The largest absolute Gasteiger partial charge is 0.383 e. The summed E-state index contributed by atoms with van der Waals surface area (Å²) in [6.07, 6.45) is 4.95. The van der Waals surface area contributed by atoms with E-state index >= 15 is 0 Å². The first-order chi connectivity index (χ1) is 12.7. The minimum Gasteiger partial charge on any atom is -0.383 e. The summed E-state index contributed by atoms with van der Waals surface area (Å²) < 4.78 is 7.47. The van der Waals surface area contributed by atoms with Crippen molar-refractivity contribution in [1.82, 2.24) is 24.8 Å². The van der Waals surface area contributed by atoms with Gasteiger partial charge in [-0.25, -0.2) is 9.97 Å². The van der Waals surface area contributed by atoms with Crippen molar-refractivity contribution in [3.05, 3.63) is 24.2 Å². The third kappa shape index (κ3) is 4.40. The van der Waals surface area contributed by atoms with Crippen molar-refractivity contribution >= 4 is 17.1 Å². The normalized spacial score (nSPS) is 16.6. The number of imidazole rings is 1. The fraction of sp³-hybridized carbons (Fsp3) is 0.632. The van der Waals surface area contributed by atoms with Crippen LogP contribution in [0.1, 0.15) is 38.1 Å². The summed E-state index contributed by atoms with van der Waals surface area (Å²) in [6.45, 7) is 6.28. The van der Waals surface area contributed by atoms with Crippen molar-refractivity contribution < 1.29 is 9.53 Å². The van der Waals surface area contributed by atoms with Crippen LogP contribution >= 0.6 is 0 Å². The van der Waals surface area contributed by atoms with Crippen LogP contribution in [0.2, 0.25) is 0 Å². The molecule has 0 aromatic carbocycles. The summed E-state index contributed by atoms with van der Waals surface area (Å²) >= 11 is 0. The molecule has 1 fully saturated rings. The van der Waals surface area contributed by atoms with Crippen molar-refractivity contribution in [2.45, 2.75) is 38.6 Å². The summed E-state index contributed by atoms with van der Waals surface area (Å²) in [4.78, 5) is 23.7. The van der Waals surface area contributed by atoms with Gasteiger partial charge in [0.05, 0.1) is 12.6 Å². The maximum atomic E-state index is 12.5. The van der Waals surface area contributed by atoms with Gasteiger partial charge in [-0.15, -0.1) is 0 Å². The Morgan fingerprint density at radius 1 is 1.38 bits per heavy atom. The van der Waals surface area contributed by atoms with Crippen LogP contribution in [0.3, 0.4) is 0 Å². The molecule has 3 rings (SSSR count). The van der Waals surface area contributed by atoms with E-state index in [0.29, 0.717) is 13.0 Å². The van der Waals surface area contributed by atoms with E-state index in [1.54, 1.807) is 13.3 Å². The number of aryl methyl sites for hydroxylation is 1. The lowest BCUT2D eigenvalue weighted by atomic mass is 10.2. The van der Waals surface area contributed by atoms with Gasteiger partial charge in [-0.2, -0.15) is 0 Å². The number of amides is 1. The molecule has 7 nitrogen and oxygen atoms in total. The van der Waals surface area contributed by atoms with Crippen LogP contribution in [-0.4, -0.2) is 65.2 Å². The van der Waals surface area contributed by atoms with Crippen molar-refractivity contribution in [2.75, 3.05) is 39.9 Å². The van der Waals surface area contributed by atoms with E-state index in [4.69, 9.17) is 9.72 Å². The van der Waals surface area contributed by atoms with Gasteiger partial charge < -0.3 is 19.5 Å². The number of ether oxygens (including phenoxy) is 1. The van der Waals surface area contributed by atoms with E-state index in [9.17, 15) is 4.79 Å². The Labute approximate surface area is 154 Å². The van der Waals surface area contributed by atoms with E-state index < -0.39 is 0 Å². The van der Waals surface area contributed by atoms with E-state index in [1.807, 2.05) is 17.0 Å². The highest BCUT2D eigenvalue weighted by atomic mass is 16.5. The van der Waals surface area contributed by atoms with Crippen LogP contribution < -0.4 is 5.32 Å². The summed E-state index contributed by atoms with van der Waals surface area (Å²) in [5, 5.41) is 3.33. The molecule has 0 aliphatic carbocycles. The number of carbonyl (C=O) groups is 1. The number of nitrogens with zero attached hydrogens (tertiary/aromatic N) is 4. The quantitative estimate of drug-likeness (QED) is 0.816. The topological polar surface area (TPSA) is 72.3 Å². The maximum absolute atomic E-state index is 12.5. The van der Waals surface area contributed by atoms with Gasteiger partial charge in [0.15, 0.2) is 5.65 Å². The molecular formula is C19H29N5O2. The summed E-state index contributed by atoms with van der Waals surface area (Å²) in [5.74, 6) is 1.23. The standard InChI is InChI=1S/C19H29N5O2/c1-15(14-26-2)24-17(22-16-6-4-10-21-19(16)24)7-3-8-18(25)23-12-5-9-20-11-13-23/h4,6,10,15,20H,3,5,7-9,11-14H2,1-2H3. The van der Waals surface area contributed by atoms with Crippen molar-refractivity contribution in [2.24, 2.45) is 0 Å². The number of aromatic nitrogens is 3. The van der Waals surface area contributed by atoms with Crippen molar-refractivity contribution in [1.29, 1.82) is 0 Å². The van der Waals surface area contributed by atoms with Gasteiger partial charge in [0.2, 0.25) is 5.91 Å². The maximum Gasteiger partial charge on any atom is 0.222 e. The highest BCUT2D eigenvalue weighted by Crippen LogP contribution is 2.21. The monoisotopic (exact) mass is 359 g/mol. The predicted octanol–water partition coefficient (Wildman–Crippen LogP) is 1.78. The molecule has 26 heavy (non-hydrogen) atoms. The fourth-order valence-electron chi connectivity index (χ4n) is 3.58. The third-order valence-corrected chi connectivity index (χ3v) is 4.85. The molecule has 1 N–H and O–H groups in total. The Morgan fingerprint density at radius 3 is 3.12 bits per heavy atom. The van der Waals surface area contributed by atoms with Crippen molar-refractivity contribution in [3.8, 4) is 0 Å². The number of pyridine rings is 1. The Morgan fingerprint density at radius 2 is 2.27 bits per heavy atom. The zero-order valence-electron chi connectivity index (χ0n) is 15.8. The lowest BCUT2D eigenvalue weighted by Gasteiger charge is -2.20. The van der Waals surface area contributed by atoms with E-state index in [-0.39, 0.29) is 11.9 Å². The number of hydrogen-bond donors (Lipinski definition) is 1. The Balaban J connectivity index is 1.66. The second-order valence-corrected chi connectivity index (χ2v) is 6.89. The molecule has 1 amide bonds. The van der Waals surface area contributed by atoms with Gasteiger partial charge in [0.1, 0.15) is 11.3 Å². The number of nitrogens with one attached hydrogen (secondary N) is 1. The fourth-order valence-corrected chi connectivity index (χ4v) is 3.58. The van der Waals surface area contributed by atoms with Crippen LogP contribution in [0.5, 0.6) is 0 Å². The zero-order valence-corrected chi connectivity index (χ0v) is 15.8. The van der Waals surface area contributed by atoms with E-state index in [0.717, 1.165) is 62.4 Å². The lowest BCUT2D eigenvalue weighted by Crippen LogP contribution is -2.34. The highest BCUT2D eigenvalue weighted by Gasteiger charge is 2.18. The molecule has 1 aliphatic heterocycles. The smallest absolute Gasteiger partial charge is 0.222 e.